The van der Waals surface area contributed by atoms with Gasteiger partial charge in [-0.05, 0) is 32.5 Å². The first-order valence-corrected chi connectivity index (χ1v) is 7.06. The molecular weight excluding hydrogens is 294 g/mol. The zero-order chi connectivity index (χ0) is 15.6. The Kier molecular flexibility index (Phi) is 4.36. The molecule has 0 amide bonds. The van der Waals surface area contributed by atoms with E-state index < -0.39 is 4.92 Å². The smallest absolute Gasteiger partial charge is 0.322 e. The molecule has 0 unspecified atom stereocenters. The third-order valence-electron chi connectivity index (χ3n) is 2.78. The summed E-state index contributed by atoms with van der Waals surface area (Å²) in [6, 6.07) is 0. The van der Waals surface area contributed by atoms with E-state index in [0.717, 1.165) is 17.6 Å². The van der Waals surface area contributed by atoms with E-state index in [0.29, 0.717) is 23.3 Å². The van der Waals surface area contributed by atoms with Gasteiger partial charge in [-0.3, -0.25) is 10.1 Å². The van der Waals surface area contributed by atoms with Crippen LogP contribution in [-0.4, -0.2) is 36.2 Å². The van der Waals surface area contributed by atoms with Gasteiger partial charge in [0, 0.05) is 13.6 Å². The van der Waals surface area contributed by atoms with Crippen molar-refractivity contribution in [3.05, 3.63) is 21.6 Å². The maximum absolute atomic E-state index is 11.2. The van der Waals surface area contributed by atoms with Gasteiger partial charge in [-0.1, -0.05) is 0 Å². The largest absolute Gasteiger partial charge is 0.354 e. The second-order valence-corrected chi connectivity index (χ2v) is 5.22. The first kappa shape index (κ1) is 15.2. The van der Waals surface area contributed by atoms with Gasteiger partial charge in [-0.15, -0.1) is 10.2 Å². The predicted octanol–water partition coefficient (Wildman–Crippen LogP) is 1.71. The Morgan fingerprint density at radius 2 is 2.05 bits per heavy atom. The first-order chi connectivity index (χ1) is 9.93. The lowest BCUT2D eigenvalue weighted by molar-refractivity contribution is -0.389. The summed E-state index contributed by atoms with van der Waals surface area (Å²) in [5, 5.41) is 22.9. The molecule has 2 aromatic rings. The van der Waals surface area contributed by atoms with E-state index in [2.05, 4.69) is 25.5 Å². The zero-order valence-corrected chi connectivity index (χ0v) is 12.9. The zero-order valence-electron chi connectivity index (χ0n) is 12.1. The number of anilines is 1. The third-order valence-corrected chi connectivity index (χ3v) is 3.80. The van der Waals surface area contributed by atoms with Crippen LogP contribution >= 0.6 is 11.8 Å². The molecule has 112 valence electrons. The van der Waals surface area contributed by atoms with Crippen LogP contribution in [0.2, 0.25) is 0 Å². The molecule has 0 radical (unpaired) electrons. The van der Waals surface area contributed by atoms with Crippen LogP contribution in [0.25, 0.3) is 0 Å². The van der Waals surface area contributed by atoms with Crippen molar-refractivity contribution in [3.8, 4) is 0 Å². The lowest BCUT2D eigenvalue weighted by atomic mass is 10.4. The highest BCUT2D eigenvalue weighted by Crippen LogP contribution is 2.34. The minimum Gasteiger partial charge on any atom is -0.354 e. The van der Waals surface area contributed by atoms with Crippen LogP contribution in [0.1, 0.15) is 18.4 Å². The van der Waals surface area contributed by atoms with Crippen LogP contribution in [0.4, 0.5) is 11.6 Å². The molecule has 0 aliphatic rings. The summed E-state index contributed by atoms with van der Waals surface area (Å²) < 4.78 is 1.75. The molecule has 0 aliphatic carbocycles. The van der Waals surface area contributed by atoms with E-state index in [1.807, 2.05) is 6.92 Å². The Bertz CT molecular complexity index is 685. The van der Waals surface area contributed by atoms with E-state index in [4.69, 9.17) is 0 Å². The lowest BCUT2D eigenvalue weighted by Gasteiger charge is -2.07. The minimum absolute atomic E-state index is 0.109. The van der Waals surface area contributed by atoms with Crippen molar-refractivity contribution in [1.29, 1.82) is 0 Å². The van der Waals surface area contributed by atoms with Crippen molar-refractivity contribution in [2.75, 3.05) is 11.9 Å². The van der Waals surface area contributed by atoms with E-state index >= 15 is 0 Å². The second kappa shape index (κ2) is 6.04. The number of hydrogen-bond acceptors (Lipinski definition) is 8. The van der Waals surface area contributed by atoms with Crippen LogP contribution in [0.15, 0.2) is 10.2 Å². The molecule has 0 bridgehead atoms. The fraction of sp³-hybridized carbons (Fsp3) is 0.455. The summed E-state index contributed by atoms with van der Waals surface area (Å²) in [5.41, 5.74) is 0.203. The number of aromatic nitrogens is 5. The van der Waals surface area contributed by atoms with Crippen molar-refractivity contribution in [1.82, 2.24) is 24.7 Å². The molecule has 0 atom stereocenters. The van der Waals surface area contributed by atoms with Crippen molar-refractivity contribution >= 4 is 23.4 Å². The van der Waals surface area contributed by atoms with Crippen LogP contribution < -0.4 is 5.32 Å². The Balaban J connectivity index is 2.49. The van der Waals surface area contributed by atoms with Crippen molar-refractivity contribution in [2.24, 2.45) is 7.05 Å². The minimum atomic E-state index is -0.476. The summed E-state index contributed by atoms with van der Waals surface area (Å²) >= 11 is 1.10. The second-order valence-electron chi connectivity index (χ2n) is 4.26. The van der Waals surface area contributed by atoms with Gasteiger partial charge in [-0.2, -0.15) is 4.98 Å². The van der Waals surface area contributed by atoms with Gasteiger partial charge in [0.15, 0.2) is 10.2 Å². The van der Waals surface area contributed by atoms with Crippen LogP contribution in [0.3, 0.4) is 0 Å². The maximum Gasteiger partial charge on any atom is 0.322 e. The van der Waals surface area contributed by atoms with Gasteiger partial charge in [0.2, 0.25) is 5.95 Å². The molecule has 10 heteroatoms. The predicted molar refractivity (Wildman–Crippen MR) is 77.5 cm³/mol. The Labute approximate surface area is 125 Å². The fourth-order valence-electron chi connectivity index (χ4n) is 1.62. The topological polar surface area (TPSA) is 112 Å². The molecule has 1 N–H and O–H groups in total. The van der Waals surface area contributed by atoms with Crippen LogP contribution in [0, 0.1) is 24.0 Å². The van der Waals surface area contributed by atoms with E-state index in [9.17, 15) is 10.1 Å². The Morgan fingerprint density at radius 1 is 1.33 bits per heavy atom. The summed E-state index contributed by atoms with van der Waals surface area (Å²) in [6.45, 7) is 5.93. The van der Waals surface area contributed by atoms with Gasteiger partial charge < -0.3 is 9.88 Å². The molecule has 0 saturated carbocycles. The summed E-state index contributed by atoms with van der Waals surface area (Å²) in [4.78, 5) is 19.1. The number of nitrogens with zero attached hydrogens (tertiary/aromatic N) is 6. The summed E-state index contributed by atoms with van der Waals surface area (Å²) in [7, 11) is 1.79. The highest BCUT2D eigenvalue weighted by atomic mass is 32.2. The quantitative estimate of drug-likeness (QED) is 0.504. The van der Waals surface area contributed by atoms with Gasteiger partial charge in [0.1, 0.15) is 11.5 Å². The highest BCUT2D eigenvalue weighted by Gasteiger charge is 2.24. The number of aryl methyl sites for hydroxylation is 2. The SMILES string of the molecule is CCNc1nc(C)c([N+](=O)[O-])c(Sc2nnc(C)n2C)n1. The van der Waals surface area contributed by atoms with E-state index in [1.54, 1.807) is 25.5 Å². The molecule has 21 heavy (non-hydrogen) atoms. The fourth-order valence-corrected chi connectivity index (χ4v) is 2.60. The molecule has 2 rings (SSSR count). The Hall–Kier alpha value is -2.23. The molecule has 0 aromatic carbocycles. The number of rotatable bonds is 5. The monoisotopic (exact) mass is 309 g/mol. The van der Waals surface area contributed by atoms with Crippen molar-refractivity contribution in [3.63, 3.8) is 0 Å². The van der Waals surface area contributed by atoms with Crippen molar-refractivity contribution in [2.45, 2.75) is 31.0 Å². The van der Waals surface area contributed by atoms with Crippen LogP contribution in [0.5, 0.6) is 0 Å². The van der Waals surface area contributed by atoms with E-state index in [-0.39, 0.29) is 10.7 Å². The normalized spacial score (nSPS) is 10.7. The molecule has 0 fully saturated rings. The molecule has 9 nitrogen and oxygen atoms in total. The summed E-state index contributed by atoms with van der Waals surface area (Å²) in [5.74, 6) is 1.08. The average molecular weight is 309 g/mol. The molecule has 0 aliphatic heterocycles. The van der Waals surface area contributed by atoms with Crippen molar-refractivity contribution < 1.29 is 4.92 Å². The molecular formula is C11H15N7O2S. The number of hydrogen-bond donors (Lipinski definition) is 1. The van der Waals surface area contributed by atoms with Gasteiger partial charge >= 0.3 is 5.69 Å². The molecule has 0 saturated heterocycles. The summed E-state index contributed by atoms with van der Waals surface area (Å²) in [6.07, 6.45) is 0. The average Bonchev–Trinajstić information content (AvgIpc) is 2.70. The standard InChI is InChI=1S/C11H15N7O2S/c1-5-12-10-13-6(2)8(18(19)20)9(14-10)21-11-16-15-7(3)17(11)4/h5H2,1-4H3,(H,12,13,14). The molecule has 0 spiro atoms. The molecule has 2 heterocycles. The highest BCUT2D eigenvalue weighted by molar-refractivity contribution is 7.99. The maximum atomic E-state index is 11.2. The van der Waals surface area contributed by atoms with Crippen LogP contribution in [-0.2, 0) is 7.05 Å². The number of nitrogens with one attached hydrogen (secondary N) is 1. The third kappa shape index (κ3) is 3.10. The van der Waals surface area contributed by atoms with E-state index in [1.165, 1.54) is 0 Å². The Morgan fingerprint density at radius 3 is 2.57 bits per heavy atom. The molecule has 2 aromatic heterocycles. The first-order valence-electron chi connectivity index (χ1n) is 6.24. The lowest BCUT2D eigenvalue weighted by Crippen LogP contribution is -2.07. The van der Waals surface area contributed by atoms with Gasteiger partial charge in [0.25, 0.3) is 0 Å². The number of nitro groups is 1. The van der Waals surface area contributed by atoms with Gasteiger partial charge in [-0.25, -0.2) is 4.98 Å². The van der Waals surface area contributed by atoms with Gasteiger partial charge in [0.05, 0.1) is 4.92 Å².